The van der Waals surface area contributed by atoms with Crippen LogP contribution in [0.2, 0.25) is 5.02 Å². The molecule has 27 heavy (non-hydrogen) atoms. The topological polar surface area (TPSA) is 78.8 Å². The summed E-state index contributed by atoms with van der Waals surface area (Å²) in [5.74, 6) is -0.534. The van der Waals surface area contributed by atoms with Gasteiger partial charge < -0.3 is 0 Å². The van der Waals surface area contributed by atoms with Gasteiger partial charge in [0.1, 0.15) is 0 Å². The zero-order valence-corrected chi connectivity index (χ0v) is 17.2. The van der Waals surface area contributed by atoms with Crippen LogP contribution in [0.1, 0.15) is 22.3 Å². The maximum absolute atomic E-state index is 12.8. The number of carbonyl (C=O) groups excluding carboxylic acids is 1. The number of likely N-dealkylation sites (N-methyl/N-ethyl adjacent to an activating group) is 1. The quantitative estimate of drug-likeness (QED) is 0.590. The first-order valence-electron chi connectivity index (χ1n) is 8.23. The molecule has 8 heteroatoms. The van der Waals surface area contributed by atoms with Crippen molar-refractivity contribution < 1.29 is 13.2 Å². The zero-order chi connectivity index (χ0) is 20.2. The number of amides is 1. The number of hydrogen-bond donors (Lipinski definition) is 1. The molecule has 0 aliphatic rings. The van der Waals surface area contributed by atoms with Crippen LogP contribution in [0.25, 0.3) is 0 Å². The lowest BCUT2D eigenvalue weighted by atomic mass is 10.1. The van der Waals surface area contributed by atoms with E-state index in [4.69, 9.17) is 11.6 Å². The summed E-state index contributed by atoms with van der Waals surface area (Å²) in [6.07, 6.45) is 1.46. The van der Waals surface area contributed by atoms with Gasteiger partial charge in [-0.3, -0.25) is 4.79 Å². The summed E-state index contributed by atoms with van der Waals surface area (Å²) in [6, 6.07) is 10.5. The largest absolute Gasteiger partial charge is 0.272 e. The fraction of sp³-hybridized carbons (Fsp3) is 0.263. The van der Waals surface area contributed by atoms with Crippen molar-refractivity contribution in [2.24, 2.45) is 5.10 Å². The summed E-state index contributed by atoms with van der Waals surface area (Å²) in [6.45, 7) is 5.06. The summed E-state index contributed by atoms with van der Waals surface area (Å²) in [5.41, 5.74) is 5.38. The first-order valence-corrected chi connectivity index (χ1v) is 10.0. The van der Waals surface area contributed by atoms with Crippen molar-refractivity contribution in [2.75, 3.05) is 13.6 Å². The Morgan fingerprint density at radius 3 is 2.26 bits per heavy atom. The molecule has 0 atom stereocenters. The molecule has 6 nitrogen and oxygen atoms in total. The van der Waals surface area contributed by atoms with Crippen LogP contribution in [0.15, 0.2) is 46.4 Å². The van der Waals surface area contributed by atoms with Gasteiger partial charge in [-0.2, -0.15) is 9.41 Å². The molecule has 0 fully saturated rings. The van der Waals surface area contributed by atoms with E-state index in [9.17, 15) is 13.2 Å². The zero-order valence-electron chi connectivity index (χ0n) is 15.7. The fourth-order valence-electron chi connectivity index (χ4n) is 2.78. The molecule has 0 heterocycles. The van der Waals surface area contributed by atoms with Gasteiger partial charge in [0, 0.05) is 12.1 Å². The van der Waals surface area contributed by atoms with Crippen LogP contribution < -0.4 is 5.43 Å². The van der Waals surface area contributed by atoms with Crippen molar-refractivity contribution in [2.45, 2.75) is 25.7 Å². The lowest BCUT2D eigenvalue weighted by Gasteiger charge is -2.19. The summed E-state index contributed by atoms with van der Waals surface area (Å²) in [4.78, 5) is 12.3. The van der Waals surface area contributed by atoms with Crippen molar-refractivity contribution in [1.82, 2.24) is 9.73 Å². The number of rotatable bonds is 6. The average Bonchev–Trinajstić information content (AvgIpc) is 2.55. The highest BCUT2D eigenvalue weighted by Gasteiger charge is 2.26. The molecule has 0 spiro atoms. The number of nitrogens with zero attached hydrogens (tertiary/aromatic N) is 2. The van der Waals surface area contributed by atoms with E-state index in [0.29, 0.717) is 16.1 Å². The van der Waals surface area contributed by atoms with E-state index in [0.717, 1.165) is 15.4 Å². The maximum atomic E-state index is 12.8. The van der Waals surface area contributed by atoms with Crippen LogP contribution in [0.4, 0.5) is 0 Å². The molecule has 0 bridgehead atoms. The second kappa shape index (κ2) is 8.65. The normalized spacial score (nSPS) is 11.9. The Morgan fingerprint density at radius 2 is 1.70 bits per heavy atom. The van der Waals surface area contributed by atoms with E-state index in [1.807, 2.05) is 19.1 Å². The van der Waals surface area contributed by atoms with Gasteiger partial charge in [-0.15, -0.1) is 0 Å². The number of hydrazone groups is 1. The molecule has 2 aromatic rings. The highest BCUT2D eigenvalue weighted by molar-refractivity contribution is 7.89. The first-order chi connectivity index (χ1) is 12.6. The van der Waals surface area contributed by atoms with E-state index in [1.165, 1.54) is 13.3 Å². The Morgan fingerprint density at radius 1 is 1.15 bits per heavy atom. The van der Waals surface area contributed by atoms with E-state index >= 15 is 0 Å². The number of sulfonamides is 1. The Balaban J connectivity index is 2.06. The molecule has 0 radical (unpaired) electrons. The molecule has 2 rings (SSSR count). The molecular formula is C19H22ClN3O3S. The van der Waals surface area contributed by atoms with Gasteiger partial charge in [0.15, 0.2) is 0 Å². The molecule has 0 unspecified atom stereocenters. The summed E-state index contributed by atoms with van der Waals surface area (Å²) in [5, 5.41) is 4.44. The lowest BCUT2D eigenvalue weighted by molar-refractivity contribution is -0.121. The molecule has 1 amide bonds. The van der Waals surface area contributed by atoms with Crippen molar-refractivity contribution in [3.63, 3.8) is 0 Å². The molecule has 1 N–H and O–H groups in total. The third-order valence-corrected chi connectivity index (χ3v) is 6.27. The second-order valence-electron chi connectivity index (χ2n) is 6.33. The van der Waals surface area contributed by atoms with E-state index < -0.39 is 15.9 Å². The van der Waals surface area contributed by atoms with Gasteiger partial charge >= 0.3 is 0 Å². The SMILES string of the molecule is Cc1cc(C)c(S(=O)(=O)N(C)CC(=O)N/N=C\c2ccc(Cl)cc2)c(C)c1. The second-order valence-corrected chi connectivity index (χ2v) is 8.75. The Hall–Kier alpha value is -2.22. The predicted molar refractivity (Wildman–Crippen MR) is 108 cm³/mol. The number of benzene rings is 2. The lowest BCUT2D eigenvalue weighted by Crippen LogP contribution is -2.37. The van der Waals surface area contributed by atoms with Crippen molar-refractivity contribution in [1.29, 1.82) is 0 Å². The van der Waals surface area contributed by atoms with Crippen LogP contribution in [0.5, 0.6) is 0 Å². The van der Waals surface area contributed by atoms with Gasteiger partial charge in [0.2, 0.25) is 10.0 Å². The van der Waals surface area contributed by atoms with Gasteiger partial charge in [-0.25, -0.2) is 13.8 Å². The monoisotopic (exact) mass is 407 g/mol. The van der Waals surface area contributed by atoms with Gasteiger partial charge in [0.05, 0.1) is 17.7 Å². The molecule has 0 saturated heterocycles. The molecular weight excluding hydrogens is 386 g/mol. The van der Waals surface area contributed by atoms with Crippen LogP contribution in [-0.4, -0.2) is 38.4 Å². The Kier molecular flexibility index (Phi) is 6.75. The maximum Gasteiger partial charge on any atom is 0.255 e. The summed E-state index contributed by atoms with van der Waals surface area (Å²) in [7, 11) is -2.42. The number of hydrogen-bond acceptors (Lipinski definition) is 4. The highest BCUT2D eigenvalue weighted by atomic mass is 35.5. The number of nitrogens with one attached hydrogen (secondary N) is 1. The van der Waals surface area contributed by atoms with Crippen molar-refractivity contribution in [3.05, 3.63) is 63.7 Å². The van der Waals surface area contributed by atoms with Gasteiger partial charge in [-0.05, 0) is 49.6 Å². The molecule has 0 aromatic heterocycles. The third kappa shape index (κ3) is 5.38. The van der Waals surface area contributed by atoms with Gasteiger partial charge in [-0.1, -0.05) is 41.4 Å². The summed E-state index contributed by atoms with van der Waals surface area (Å²) >= 11 is 5.80. The Labute approximate surface area is 164 Å². The molecule has 0 aliphatic carbocycles. The molecule has 0 saturated carbocycles. The van der Waals surface area contributed by atoms with Crippen molar-refractivity contribution in [3.8, 4) is 0 Å². The number of carbonyl (C=O) groups is 1. The standard InChI is InChI=1S/C19H22ClN3O3S/c1-13-9-14(2)19(15(3)10-13)27(25,26)23(4)12-18(24)22-21-11-16-5-7-17(20)8-6-16/h5-11H,12H2,1-4H3,(H,22,24)/b21-11-. The molecule has 2 aromatic carbocycles. The minimum atomic E-state index is -3.79. The smallest absolute Gasteiger partial charge is 0.255 e. The third-order valence-electron chi connectivity index (χ3n) is 3.91. The van der Waals surface area contributed by atoms with E-state index in [2.05, 4.69) is 10.5 Å². The van der Waals surface area contributed by atoms with Crippen LogP contribution in [0.3, 0.4) is 0 Å². The van der Waals surface area contributed by atoms with Crippen LogP contribution >= 0.6 is 11.6 Å². The van der Waals surface area contributed by atoms with E-state index in [-0.39, 0.29) is 11.4 Å². The number of halogens is 1. The highest BCUT2D eigenvalue weighted by Crippen LogP contribution is 2.24. The average molecular weight is 408 g/mol. The predicted octanol–water partition coefficient (Wildman–Crippen LogP) is 3.04. The first kappa shape index (κ1) is 21.1. The molecule has 144 valence electrons. The van der Waals surface area contributed by atoms with Crippen LogP contribution in [0, 0.1) is 20.8 Å². The van der Waals surface area contributed by atoms with E-state index in [1.54, 1.807) is 38.1 Å². The van der Waals surface area contributed by atoms with Crippen LogP contribution in [-0.2, 0) is 14.8 Å². The van der Waals surface area contributed by atoms with Crippen molar-refractivity contribution >= 4 is 33.7 Å². The molecule has 0 aliphatic heterocycles. The minimum absolute atomic E-state index is 0.230. The summed E-state index contributed by atoms with van der Waals surface area (Å²) < 4.78 is 26.7. The number of aryl methyl sites for hydroxylation is 3. The Bertz CT molecular complexity index is 947. The fourth-order valence-corrected chi connectivity index (χ4v) is 4.44. The minimum Gasteiger partial charge on any atom is -0.272 e. The van der Waals surface area contributed by atoms with Gasteiger partial charge in [0.25, 0.3) is 5.91 Å².